The molecule has 0 N–H and O–H groups in total. The SMILES string of the molecule is [13CH3][13CH2][13CH2][13CH2][13CH3]. The third-order valence-electron chi connectivity index (χ3n) is 0.707. The molecule has 0 saturated heterocycles. The van der Waals surface area contributed by atoms with E-state index in [1.54, 1.807) is 0 Å². The van der Waals surface area contributed by atoms with Crippen molar-refractivity contribution in [3.63, 3.8) is 0 Å². The lowest BCUT2D eigenvalue weighted by molar-refractivity contribution is 0.772. The predicted molar refractivity (Wildman–Crippen MR) is 25.2 cm³/mol. The van der Waals surface area contributed by atoms with Crippen LogP contribution in [0.5, 0.6) is 0 Å². The van der Waals surface area contributed by atoms with Crippen LogP contribution in [0.25, 0.3) is 0 Å². The van der Waals surface area contributed by atoms with Crippen LogP contribution in [0.4, 0.5) is 0 Å². The molecule has 0 radical (unpaired) electrons. The summed E-state index contributed by atoms with van der Waals surface area (Å²) in [5, 5.41) is 0. The molecule has 0 nitrogen and oxygen atoms in total. The van der Waals surface area contributed by atoms with Crippen molar-refractivity contribution in [3.05, 3.63) is 0 Å². The highest BCUT2D eigenvalue weighted by Gasteiger charge is 1.68. The highest BCUT2D eigenvalue weighted by Crippen LogP contribution is 1.88. The van der Waals surface area contributed by atoms with E-state index in [-0.39, 0.29) is 0 Å². The van der Waals surface area contributed by atoms with Crippen molar-refractivity contribution < 1.29 is 0 Å². The Balaban J connectivity index is 2.19. The van der Waals surface area contributed by atoms with E-state index in [0.29, 0.717) is 0 Å². The lowest BCUT2D eigenvalue weighted by Gasteiger charge is -1.79. The molecule has 0 amide bonds. The molecule has 5 heavy (non-hydrogen) atoms. The van der Waals surface area contributed by atoms with Gasteiger partial charge in [-0.3, -0.25) is 0 Å². The zero-order chi connectivity index (χ0) is 4.12. The third kappa shape index (κ3) is 4.00. The average molecular weight is 77.1 g/mol. The van der Waals surface area contributed by atoms with Gasteiger partial charge in [0.25, 0.3) is 0 Å². The van der Waals surface area contributed by atoms with Gasteiger partial charge in [-0.15, -0.1) is 0 Å². The van der Waals surface area contributed by atoms with Crippen molar-refractivity contribution in [2.45, 2.75) is 33.1 Å². The van der Waals surface area contributed by atoms with Gasteiger partial charge in [0.15, 0.2) is 0 Å². The van der Waals surface area contributed by atoms with Crippen LogP contribution in [-0.2, 0) is 0 Å². The Morgan fingerprint density at radius 1 is 1.00 bits per heavy atom. The van der Waals surface area contributed by atoms with Gasteiger partial charge >= 0.3 is 0 Å². The molecule has 0 bridgehead atoms. The molecule has 0 unspecified atom stereocenters. The van der Waals surface area contributed by atoms with E-state index < -0.39 is 0 Å². The van der Waals surface area contributed by atoms with Gasteiger partial charge in [0.2, 0.25) is 0 Å². The summed E-state index contributed by atoms with van der Waals surface area (Å²) in [5.41, 5.74) is 0. The van der Waals surface area contributed by atoms with Crippen LogP contribution < -0.4 is 0 Å². The Morgan fingerprint density at radius 2 is 1.40 bits per heavy atom. The van der Waals surface area contributed by atoms with Crippen molar-refractivity contribution in [3.8, 4) is 0 Å². The van der Waals surface area contributed by atoms with Gasteiger partial charge in [0.1, 0.15) is 0 Å². The van der Waals surface area contributed by atoms with Gasteiger partial charge in [-0.05, 0) is 0 Å². The van der Waals surface area contributed by atoms with Crippen LogP contribution in [0.3, 0.4) is 0 Å². The fraction of sp³-hybridized carbons (Fsp3) is 1.00. The second-order valence-corrected chi connectivity index (χ2v) is 1.35. The molecule has 0 atom stereocenters. The van der Waals surface area contributed by atoms with Crippen LogP contribution >= 0.6 is 0 Å². The Morgan fingerprint density at radius 3 is 1.40 bits per heavy atom. The molecule has 0 spiro atoms. The third-order valence-corrected chi connectivity index (χ3v) is 0.707. The smallest absolute Gasteiger partial charge is 0.0538 e. The lowest BCUT2D eigenvalue weighted by Crippen LogP contribution is -1.59. The van der Waals surface area contributed by atoms with E-state index in [1.807, 2.05) is 0 Å². The van der Waals surface area contributed by atoms with Crippen molar-refractivity contribution in [1.29, 1.82) is 0 Å². The van der Waals surface area contributed by atoms with E-state index in [2.05, 4.69) is 13.8 Å². The summed E-state index contributed by atoms with van der Waals surface area (Å²) in [6, 6.07) is 0. The normalized spacial score (nSPS) is 8.40. The molecule has 0 aliphatic rings. The van der Waals surface area contributed by atoms with Gasteiger partial charge in [0, 0.05) is 0 Å². The van der Waals surface area contributed by atoms with Gasteiger partial charge in [0.05, 0.1) is 0 Å². The van der Waals surface area contributed by atoms with Crippen LogP contribution in [0.2, 0.25) is 0 Å². The first-order valence-electron chi connectivity index (χ1n) is 2.41. The van der Waals surface area contributed by atoms with Gasteiger partial charge < -0.3 is 0 Å². The summed E-state index contributed by atoms with van der Waals surface area (Å²) in [4.78, 5) is 0. The Labute approximate surface area is 34.2 Å². The molecule has 0 saturated carbocycles. The van der Waals surface area contributed by atoms with E-state index >= 15 is 0 Å². The Bertz CT molecular complexity index is 7.51. The largest absolute Gasteiger partial charge is 0.0654 e. The standard InChI is InChI=1S/C5H12/c1-3-5-4-2/h3-5H2,1-2H3/i1+1,2+1,3+1,4+1,5+1. The number of unbranched alkanes of at least 4 members (excludes halogenated alkanes) is 2. The lowest BCUT2D eigenvalue weighted by atomic mass is 11.3. The summed E-state index contributed by atoms with van der Waals surface area (Å²) in [6.07, 6.45) is 4.08. The quantitative estimate of drug-likeness (QED) is 0.443. The van der Waals surface area contributed by atoms with E-state index in [9.17, 15) is 0 Å². The van der Waals surface area contributed by atoms with Gasteiger partial charge in [-0.2, -0.15) is 0 Å². The average Bonchev–Trinajstić information content (AvgIpc) is 1.41. The zero-order valence-corrected chi connectivity index (χ0v) is 4.12. The Kier molecular flexibility index (Phi) is 4.00. The molecule has 0 aliphatic heterocycles. The highest BCUT2D eigenvalue weighted by molar-refractivity contribution is 4.24. The molecule has 0 heterocycles. The maximum Gasteiger partial charge on any atom is -0.0538 e. The molecule has 0 aliphatic carbocycles. The van der Waals surface area contributed by atoms with Crippen LogP contribution in [0.1, 0.15) is 33.1 Å². The molecule has 0 aromatic heterocycles. The molecule has 0 aromatic carbocycles. The Hall–Kier alpha value is 0. The topological polar surface area (TPSA) is 0 Å². The number of rotatable bonds is 2. The summed E-state index contributed by atoms with van der Waals surface area (Å²) in [7, 11) is 0. The van der Waals surface area contributed by atoms with Crippen LogP contribution in [0, 0.1) is 0 Å². The van der Waals surface area contributed by atoms with Gasteiger partial charge in [-0.25, -0.2) is 0 Å². The van der Waals surface area contributed by atoms with E-state index in [4.69, 9.17) is 0 Å². The zero-order valence-electron chi connectivity index (χ0n) is 4.12. The first-order chi connectivity index (χ1) is 2.41. The summed E-state index contributed by atoms with van der Waals surface area (Å²) in [6.45, 7) is 4.42. The number of hydrogen-bond donors (Lipinski definition) is 0. The molecule has 0 heteroatoms. The first-order valence-corrected chi connectivity index (χ1v) is 2.41. The maximum absolute atomic E-state index is 2.21. The first kappa shape index (κ1) is 5.00. The summed E-state index contributed by atoms with van der Waals surface area (Å²) >= 11 is 0. The molecule has 0 fully saturated rings. The summed E-state index contributed by atoms with van der Waals surface area (Å²) in [5.74, 6) is 0. The minimum absolute atomic E-state index is 1.34. The van der Waals surface area contributed by atoms with Crippen LogP contribution in [0.15, 0.2) is 0 Å². The fourth-order valence-corrected chi connectivity index (χ4v) is 0.354. The van der Waals surface area contributed by atoms with E-state index in [1.165, 1.54) is 19.3 Å². The van der Waals surface area contributed by atoms with Crippen molar-refractivity contribution >= 4 is 0 Å². The second kappa shape index (κ2) is 4.00. The fourth-order valence-electron chi connectivity index (χ4n) is 0.354. The summed E-state index contributed by atoms with van der Waals surface area (Å²) < 4.78 is 0. The predicted octanol–water partition coefficient (Wildman–Crippen LogP) is 2.20. The van der Waals surface area contributed by atoms with E-state index in [0.717, 1.165) is 0 Å². The molecule has 0 aromatic rings. The van der Waals surface area contributed by atoms with Crippen LogP contribution in [-0.4, -0.2) is 0 Å². The minimum atomic E-state index is 1.34. The second-order valence-electron chi connectivity index (χ2n) is 1.35. The monoisotopic (exact) mass is 77.1 g/mol. The highest BCUT2D eigenvalue weighted by atomic mass is 14.7. The molecular weight excluding hydrogens is 65.0 g/mol. The molecular formula is C5H12. The minimum Gasteiger partial charge on any atom is -0.0654 e. The van der Waals surface area contributed by atoms with Crippen molar-refractivity contribution in [2.75, 3.05) is 0 Å². The molecule has 0 rings (SSSR count). The molecule has 32 valence electrons. The number of hydrogen-bond acceptors (Lipinski definition) is 0. The van der Waals surface area contributed by atoms with Crippen molar-refractivity contribution in [1.82, 2.24) is 0 Å². The van der Waals surface area contributed by atoms with Gasteiger partial charge in [-0.1, -0.05) is 33.1 Å². The van der Waals surface area contributed by atoms with Crippen molar-refractivity contribution in [2.24, 2.45) is 0 Å². The maximum atomic E-state index is 2.21.